The summed E-state index contributed by atoms with van der Waals surface area (Å²) in [7, 11) is 1.50. The molecule has 0 saturated heterocycles. The maximum atomic E-state index is 11.4. The Morgan fingerprint density at radius 3 is 2.57 bits per heavy atom. The quantitative estimate of drug-likeness (QED) is 0.860. The Kier molecular flexibility index (Phi) is 5.30. The van der Waals surface area contributed by atoms with Crippen molar-refractivity contribution in [3.63, 3.8) is 0 Å². The summed E-state index contributed by atoms with van der Waals surface area (Å²) >= 11 is 1.65. The zero-order valence-electron chi connectivity index (χ0n) is 12.3. The van der Waals surface area contributed by atoms with Gasteiger partial charge in [-0.2, -0.15) is 0 Å². The van der Waals surface area contributed by atoms with Gasteiger partial charge in [0.05, 0.1) is 17.2 Å². The number of amides is 1. The first-order valence-electron chi connectivity index (χ1n) is 6.65. The van der Waals surface area contributed by atoms with Gasteiger partial charge < -0.3 is 15.4 Å². The van der Waals surface area contributed by atoms with Crippen LogP contribution in [-0.4, -0.2) is 24.6 Å². The fraction of sp³-hybridized carbons (Fsp3) is 0.333. The Morgan fingerprint density at radius 2 is 2.00 bits per heavy atom. The average molecular weight is 305 g/mol. The van der Waals surface area contributed by atoms with Gasteiger partial charge in [0.1, 0.15) is 6.61 Å². The third-order valence-electron chi connectivity index (χ3n) is 3.00. The van der Waals surface area contributed by atoms with Gasteiger partial charge in [-0.25, -0.2) is 4.98 Å². The third kappa shape index (κ3) is 4.27. The molecule has 0 aliphatic heterocycles. The summed E-state index contributed by atoms with van der Waals surface area (Å²) in [6, 6.07) is 7.81. The molecule has 2 aromatic rings. The molecule has 2 N–H and O–H groups in total. The smallest absolute Gasteiger partial charge is 0.250 e. The lowest BCUT2D eigenvalue weighted by Crippen LogP contribution is -2.17. The van der Waals surface area contributed by atoms with E-state index in [0.29, 0.717) is 0 Å². The SMILES string of the molecule is COCC(=O)Nc1ccc(NC(C)c2scnc2C)cc1. The van der Waals surface area contributed by atoms with Crippen LogP contribution in [0.5, 0.6) is 0 Å². The number of hydrogen-bond donors (Lipinski definition) is 2. The first-order valence-corrected chi connectivity index (χ1v) is 7.53. The Hall–Kier alpha value is -1.92. The second kappa shape index (κ2) is 7.19. The molecule has 1 unspecified atom stereocenters. The standard InChI is InChI=1S/C15H19N3O2S/c1-10-15(21-9-16-10)11(2)17-12-4-6-13(7-5-12)18-14(19)8-20-3/h4-7,9,11,17H,8H2,1-3H3,(H,18,19). The van der Waals surface area contributed by atoms with E-state index >= 15 is 0 Å². The van der Waals surface area contributed by atoms with Crippen LogP contribution in [0.2, 0.25) is 0 Å². The molecule has 1 amide bonds. The number of nitrogens with zero attached hydrogens (tertiary/aromatic N) is 1. The maximum absolute atomic E-state index is 11.4. The Labute approximate surface area is 128 Å². The van der Waals surface area contributed by atoms with Gasteiger partial charge in [0.25, 0.3) is 0 Å². The summed E-state index contributed by atoms with van der Waals surface area (Å²) in [5.41, 5.74) is 4.67. The van der Waals surface area contributed by atoms with E-state index in [0.717, 1.165) is 17.1 Å². The molecule has 0 spiro atoms. The number of rotatable bonds is 6. The van der Waals surface area contributed by atoms with Crippen molar-refractivity contribution in [3.05, 3.63) is 40.3 Å². The highest BCUT2D eigenvalue weighted by Crippen LogP contribution is 2.25. The van der Waals surface area contributed by atoms with E-state index in [1.807, 2.05) is 36.7 Å². The fourth-order valence-corrected chi connectivity index (χ4v) is 2.83. The largest absolute Gasteiger partial charge is 0.378 e. The highest BCUT2D eigenvalue weighted by atomic mass is 32.1. The number of carbonyl (C=O) groups excluding carboxylic acids is 1. The predicted octanol–water partition coefficient (Wildman–Crippen LogP) is 3.21. The van der Waals surface area contributed by atoms with Gasteiger partial charge in [-0.15, -0.1) is 11.3 Å². The second-order valence-corrected chi connectivity index (χ2v) is 5.61. The van der Waals surface area contributed by atoms with Crippen molar-refractivity contribution in [2.45, 2.75) is 19.9 Å². The van der Waals surface area contributed by atoms with E-state index in [1.165, 1.54) is 12.0 Å². The summed E-state index contributed by atoms with van der Waals surface area (Å²) in [5, 5.41) is 6.18. The zero-order valence-corrected chi connectivity index (χ0v) is 13.2. The van der Waals surface area contributed by atoms with E-state index in [1.54, 1.807) is 11.3 Å². The van der Waals surface area contributed by atoms with Crippen LogP contribution in [0.1, 0.15) is 23.5 Å². The van der Waals surface area contributed by atoms with Crippen LogP contribution in [0, 0.1) is 6.92 Å². The molecule has 112 valence electrons. The minimum atomic E-state index is -0.160. The lowest BCUT2D eigenvalue weighted by atomic mass is 10.2. The minimum Gasteiger partial charge on any atom is -0.378 e. The molecule has 21 heavy (non-hydrogen) atoms. The number of methoxy groups -OCH3 is 1. The first kappa shape index (κ1) is 15.5. The number of ether oxygens (including phenoxy) is 1. The van der Waals surface area contributed by atoms with Crippen molar-refractivity contribution in [2.75, 3.05) is 24.4 Å². The molecule has 1 aromatic carbocycles. The topological polar surface area (TPSA) is 63.2 Å². The summed E-state index contributed by atoms with van der Waals surface area (Å²) in [5.74, 6) is -0.160. The lowest BCUT2D eigenvalue weighted by molar-refractivity contribution is -0.119. The van der Waals surface area contributed by atoms with Crippen molar-refractivity contribution >= 4 is 28.6 Å². The van der Waals surface area contributed by atoms with Gasteiger partial charge in [0.15, 0.2) is 0 Å². The number of benzene rings is 1. The van der Waals surface area contributed by atoms with Crippen LogP contribution in [0.25, 0.3) is 0 Å². The maximum Gasteiger partial charge on any atom is 0.250 e. The van der Waals surface area contributed by atoms with E-state index in [9.17, 15) is 4.79 Å². The van der Waals surface area contributed by atoms with Gasteiger partial charge in [0, 0.05) is 23.4 Å². The molecule has 0 aliphatic carbocycles. The van der Waals surface area contributed by atoms with Gasteiger partial charge in [-0.1, -0.05) is 0 Å². The van der Waals surface area contributed by atoms with E-state index in [2.05, 4.69) is 22.5 Å². The van der Waals surface area contributed by atoms with Crippen LogP contribution >= 0.6 is 11.3 Å². The number of hydrogen-bond acceptors (Lipinski definition) is 5. The molecule has 0 radical (unpaired) electrons. The molecule has 0 aliphatic rings. The van der Waals surface area contributed by atoms with Gasteiger partial charge in [-0.05, 0) is 38.1 Å². The minimum absolute atomic E-state index is 0.0572. The Bertz CT molecular complexity index is 595. The normalized spacial score (nSPS) is 12.0. The van der Waals surface area contributed by atoms with Crippen LogP contribution in [0.15, 0.2) is 29.8 Å². The monoisotopic (exact) mass is 305 g/mol. The highest BCUT2D eigenvalue weighted by molar-refractivity contribution is 7.09. The Morgan fingerprint density at radius 1 is 1.33 bits per heavy atom. The van der Waals surface area contributed by atoms with E-state index in [4.69, 9.17) is 4.74 Å². The molecular formula is C15H19N3O2S. The van der Waals surface area contributed by atoms with Crippen molar-refractivity contribution in [1.29, 1.82) is 0 Å². The molecule has 2 rings (SSSR count). The second-order valence-electron chi connectivity index (χ2n) is 4.73. The molecule has 0 bridgehead atoms. The summed E-state index contributed by atoms with van der Waals surface area (Å²) in [4.78, 5) is 16.9. The molecule has 6 heteroatoms. The van der Waals surface area contributed by atoms with Gasteiger partial charge >= 0.3 is 0 Å². The van der Waals surface area contributed by atoms with Crippen molar-refractivity contribution in [3.8, 4) is 0 Å². The molecule has 5 nitrogen and oxygen atoms in total. The van der Waals surface area contributed by atoms with Crippen molar-refractivity contribution < 1.29 is 9.53 Å². The average Bonchev–Trinajstić information content (AvgIpc) is 2.87. The molecule has 1 aromatic heterocycles. The van der Waals surface area contributed by atoms with Crippen LogP contribution in [-0.2, 0) is 9.53 Å². The van der Waals surface area contributed by atoms with Crippen LogP contribution in [0.4, 0.5) is 11.4 Å². The number of aryl methyl sites for hydroxylation is 1. The van der Waals surface area contributed by atoms with Gasteiger partial charge in [-0.3, -0.25) is 4.79 Å². The van der Waals surface area contributed by atoms with Crippen LogP contribution < -0.4 is 10.6 Å². The predicted molar refractivity (Wildman–Crippen MR) is 85.8 cm³/mol. The molecule has 1 atom stereocenters. The van der Waals surface area contributed by atoms with Crippen molar-refractivity contribution in [2.24, 2.45) is 0 Å². The number of aromatic nitrogens is 1. The van der Waals surface area contributed by atoms with Gasteiger partial charge in [0.2, 0.25) is 5.91 Å². The number of anilines is 2. The van der Waals surface area contributed by atoms with Crippen LogP contribution in [0.3, 0.4) is 0 Å². The highest BCUT2D eigenvalue weighted by Gasteiger charge is 2.10. The summed E-state index contributed by atoms with van der Waals surface area (Å²) in [6.45, 7) is 4.18. The van der Waals surface area contributed by atoms with E-state index < -0.39 is 0 Å². The zero-order chi connectivity index (χ0) is 15.2. The summed E-state index contributed by atoms with van der Waals surface area (Å²) < 4.78 is 4.78. The lowest BCUT2D eigenvalue weighted by Gasteiger charge is -2.15. The molecule has 0 saturated carbocycles. The fourth-order valence-electron chi connectivity index (χ4n) is 2.02. The molecule has 0 fully saturated rings. The number of thiazole rings is 1. The van der Waals surface area contributed by atoms with Crippen molar-refractivity contribution in [1.82, 2.24) is 4.98 Å². The Balaban J connectivity index is 1.96. The number of nitrogens with one attached hydrogen (secondary N) is 2. The molecular weight excluding hydrogens is 286 g/mol. The summed E-state index contributed by atoms with van der Waals surface area (Å²) in [6.07, 6.45) is 0. The van der Waals surface area contributed by atoms with E-state index in [-0.39, 0.29) is 18.6 Å². The first-order chi connectivity index (χ1) is 10.1. The number of carbonyl (C=O) groups is 1. The molecule has 1 heterocycles. The third-order valence-corrected chi connectivity index (χ3v) is 4.12.